The second-order valence-corrected chi connectivity index (χ2v) is 4.79. The van der Waals surface area contributed by atoms with E-state index in [2.05, 4.69) is 11.8 Å². The zero-order valence-corrected chi connectivity index (χ0v) is 12.4. The molecular weight excluding hydrogens is 228 g/mol. The number of aliphatic carboxylic acids is 1. The summed E-state index contributed by atoms with van der Waals surface area (Å²) in [5, 5.41) is 9.78. The van der Waals surface area contributed by atoms with Crippen molar-refractivity contribution in [2.24, 2.45) is 11.7 Å². The summed E-state index contributed by atoms with van der Waals surface area (Å²) >= 11 is 0. The molecule has 18 heavy (non-hydrogen) atoms. The van der Waals surface area contributed by atoms with Gasteiger partial charge in [-0.3, -0.25) is 9.69 Å². The maximum Gasteiger partial charge on any atom is 0.324 e. The van der Waals surface area contributed by atoms with Crippen molar-refractivity contribution in [2.45, 2.75) is 58.9 Å². The summed E-state index contributed by atoms with van der Waals surface area (Å²) in [4.78, 5) is 14.0. The molecule has 0 aromatic rings. The highest BCUT2D eigenvalue weighted by Crippen LogP contribution is 2.34. The quantitative estimate of drug-likeness (QED) is 0.631. The monoisotopic (exact) mass is 258 g/mol. The van der Waals surface area contributed by atoms with Crippen molar-refractivity contribution in [3.05, 3.63) is 0 Å². The molecule has 1 unspecified atom stereocenters. The average molecular weight is 258 g/mol. The van der Waals surface area contributed by atoms with Gasteiger partial charge in [0.1, 0.15) is 5.54 Å². The second kappa shape index (κ2) is 8.48. The van der Waals surface area contributed by atoms with Crippen LogP contribution in [0, 0.1) is 5.92 Å². The summed E-state index contributed by atoms with van der Waals surface area (Å²) in [7, 11) is 0. The molecule has 0 saturated heterocycles. The van der Waals surface area contributed by atoms with E-state index in [1.807, 2.05) is 20.8 Å². The van der Waals surface area contributed by atoms with Crippen LogP contribution < -0.4 is 5.73 Å². The Labute approximate surface area is 112 Å². The van der Waals surface area contributed by atoms with Crippen molar-refractivity contribution in [1.82, 2.24) is 4.90 Å². The maximum atomic E-state index is 11.9. The van der Waals surface area contributed by atoms with Crippen LogP contribution in [0.4, 0.5) is 0 Å². The van der Waals surface area contributed by atoms with Crippen LogP contribution in [-0.2, 0) is 4.79 Å². The number of nitrogens with two attached hydrogens (primary N) is 1. The maximum absolute atomic E-state index is 11.9. The Morgan fingerprint density at radius 3 is 2.11 bits per heavy atom. The predicted octanol–water partition coefficient (Wildman–Crippen LogP) is 2.33. The SMILES string of the molecule is CCC(CCCN)[C@@](CC)(C(=O)O)N(CC)CC. The molecule has 0 saturated carbocycles. The summed E-state index contributed by atoms with van der Waals surface area (Å²) in [6.07, 6.45) is 3.32. The standard InChI is InChI=1S/C14H30N2O2/c1-5-12(10-9-11-15)14(6-2,13(17)18)16(7-3)8-4/h12H,5-11,15H2,1-4H3,(H,17,18)/t12?,14-/m0/s1. The Kier molecular flexibility index (Phi) is 8.20. The minimum Gasteiger partial charge on any atom is -0.480 e. The molecule has 0 spiro atoms. The molecule has 0 aliphatic rings. The van der Waals surface area contributed by atoms with Gasteiger partial charge in [-0.15, -0.1) is 0 Å². The van der Waals surface area contributed by atoms with E-state index in [0.717, 1.165) is 32.4 Å². The fourth-order valence-electron chi connectivity index (χ4n) is 3.16. The first kappa shape index (κ1) is 17.4. The van der Waals surface area contributed by atoms with Crippen molar-refractivity contribution in [3.63, 3.8) is 0 Å². The summed E-state index contributed by atoms with van der Waals surface area (Å²) in [5.41, 5.74) is 4.84. The molecule has 3 N–H and O–H groups in total. The van der Waals surface area contributed by atoms with Crippen molar-refractivity contribution in [1.29, 1.82) is 0 Å². The molecule has 4 nitrogen and oxygen atoms in total. The van der Waals surface area contributed by atoms with Crippen LogP contribution in [0.2, 0.25) is 0 Å². The number of hydrogen-bond acceptors (Lipinski definition) is 3. The first-order valence-corrected chi connectivity index (χ1v) is 7.23. The fourth-order valence-corrected chi connectivity index (χ4v) is 3.16. The predicted molar refractivity (Wildman–Crippen MR) is 75.6 cm³/mol. The van der Waals surface area contributed by atoms with Gasteiger partial charge in [0.05, 0.1) is 0 Å². The Bertz CT molecular complexity index is 242. The molecule has 0 rings (SSSR count). The first-order chi connectivity index (χ1) is 8.54. The van der Waals surface area contributed by atoms with E-state index in [1.165, 1.54) is 0 Å². The minimum atomic E-state index is -0.729. The molecule has 0 aliphatic carbocycles. The van der Waals surface area contributed by atoms with Gasteiger partial charge >= 0.3 is 5.97 Å². The lowest BCUT2D eigenvalue weighted by Gasteiger charge is -2.44. The molecule has 0 aromatic heterocycles. The zero-order chi connectivity index (χ0) is 14.2. The highest BCUT2D eigenvalue weighted by Gasteiger charge is 2.46. The molecule has 0 aliphatic heterocycles. The third kappa shape index (κ3) is 3.45. The number of carboxylic acid groups (broad SMARTS) is 1. The number of carboxylic acids is 1. The number of likely N-dealkylation sites (N-methyl/N-ethyl adjacent to an activating group) is 1. The van der Waals surface area contributed by atoms with E-state index in [0.29, 0.717) is 13.0 Å². The van der Waals surface area contributed by atoms with Gasteiger partial charge in [-0.25, -0.2) is 0 Å². The van der Waals surface area contributed by atoms with Gasteiger partial charge in [0, 0.05) is 0 Å². The lowest BCUT2D eigenvalue weighted by molar-refractivity contribution is -0.157. The number of hydrogen-bond donors (Lipinski definition) is 2. The van der Waals surface area contributed by atoms with Gasteiger partial charge < -0.3 is 10.8 Å². The van der Waals surface area contributed by atoms with E-state index >= 15 is 0 Å². The van der Waals surface area contributed by atoms with Crippen LogP contribution in [0.5, 0.6) is 0 Å². The molecule has 0 heterocycles. The van der Waals surface area contributed by atoms with Crippen molar-refractivity contribution < 1.29 is 9.90 Å². The van der Waals surface area contributed by atoms with E-state index in [4.69, 9.17) is 5.73 Å². The highest BCUT2D eigenvalue weighted by molar-refractivity contribution is 5.79. The zero-order valence-electron chi connectivity index (χ0n) is 12.4. The van der Waals surface area contributed by atoms with Crippen LogP contribution in [0.25, 0.3) is 0 Å². The van der Waals surface area contributed by atoms with Gasteiger partial charge in [0.2, 0.25) is 0 Å². The van der Waals surface area contributed by atoms with Gasteiger partial charge in [0.25, 0.3) is 0 Å². The highest BCUT2D eigenvalue weighted by atomic mass is 16.4. The van der Waals surface area contributed by atoms with Crippen LogP contribution in [0.3, 0.4) is 0 Å². The van der Waals surface area contributed by atoms with E-state index in [1.54, 1.807) is 0 Å². The molecule has 0 radical (unpaired) electrons. The summed E-state index contributed by atoms with van der Waals surface area (Å²) in [6.45, 7) is 10.3. The third-order valence-corrected chi connectivity index (χ3v) is 4.16. The van der Waals surface area contributed by atoms with Gasteiger partial charge in [0.15, 0.2) is 0 Å². The normalized spacial score (nSPS) is 16.6. The number of nitrogens with zero attached hydrogens (tertiary/aromatic N) is 1. The minimum absolute atomic E-state index is 0.170. The van der Waals surface area contributed by atoms with Crippen molar-refractivity contribution >= 4 is 5.97 Å². The Morgan fingerprint density at radius 2 is 1.83 bits per heavy atom. The molecule has 0 fully saturated rings. The lowest BCUT2D eigenvalue weighted by Crippen LogP contribution is -2.59. The number of rotatable bonds is 10. The fraction of sp³-hybridized carbons (Fsp3) is 0.929. The van der Waals surface area contributed by atoms with Crippen LogP contribution in [0.1, 0.15) is 53.4 Å². The van der Waals surface area contributed by atoms with E-state index in [9.17, 15) is 9.90 Å². The van der Waals surface area contributed by atoms with E-state index in [-0.39, 0.29) is 5.92 Å². The molecule has 2 atom stereocenters. The van der Waals surface area contributed by atoms with Gasteiger partial charge in [-0.2, -0.15) is 0 Å². The third-order valence-electron chi connectivity index (χ3n) is 4.16. The topological polar surface area (TPSA) is 66.6 Å². The van der Waals surface area contributed by atoms with Crippen molar-refractivity contribution in [3.8, 4) is 0 Å². The molecular formula is C14H30N2O2. The molecule has 0 amide bonds. The van der Waals surface area contributed by atoms with Crippen molar-refractivity contribution in [2.75, 3.05) is 19.6 Å². The summed E-state index contributed by atoms with van der Waals surface area (Å²) < 4.78 is 0. The molecule has 4 heteroatoms. The van der Waals surface area contributed by atoms with Gasteiger partial charge in [-0.05, 0) is 44.8 Å². The van der Waals surface area contributed by atoms with Crippen LogP contribution >= 0.6 is 0 Å². The Hall–Kier alpha value is -0.610. The van der Waals surface area contributed by atoms with Crippen LogP contribution in [-0.4, -0.2) is 41.1 Å². The summed E-state index contributed by atoms with van der Waals surface area (Å²) in [6, 6.07) is 0. The number of carbonyl (C=O) groups is 1. The largest absolute Gasteiger partial charge is 0.480 e. The molecule has 108 valence electrons. The average Bonchev–Trinajstić information content (AvgIpc) is 2.37. The Balaban J connectivity index is 5.32. The first-order valence-electron chi connectivity index (χ1n) is 7.23. The van der Waals surface area contributed by atoms with E-state index < -0.39 is 11.5 Å². The smallest absolute Gasteiger partial charge is 0.324 e. The lowest BCUT2D eigenvalue weighted by atomic mass is 9.75. The summed E-state index contributed by atoms with van der Waals surface area (Å²) in [5.74, 6) is -0.513. The molecule has 0 bridgehead atoms. The second-order valence-electron chi connectivity index (χ2n) is 4.79. The van der Waals surface area contributed by atoms with Crippen LogP contribution in [0.15, 0.2) is 0 Å². The van der Waals surface area contributed by atoms with Gasteiger partial charge in [-0.1, -0.05) is 34.1 Å². The molecule has 0 aromatic carbocycles. The Morgan fingerprint density at radius 1 is 1.28 bits per heavy atom.